The third-order valence-corrected chi connectivity index (χ3v) is 5.64. The van der Waals surface area contributed by atoms with Crippen LogP contribution < -0.4 is 11.1 Å². The average Bonchev–Trinajstić information content (AvgIpc) is 3.10. The maximum Gasteiger partial charge on any atom is 0.519 e. The molecule has 2 rings (SSSR count). The summed E-state index contributed by atoms with van der Waals surface area (Å²) in [5.74, 6) is -0.567. The van der Waals surface area contributed by atoms with Crippen molar-refractivity contribution in [2.24, 2.45) is 0 Å². The average molecular weight is 418 g/mol. The van der Waals surface area contributed by atoms with Crippen LogP contribution in [0, 0.1) is 0 Å². The fourth-order valence-electron chi connectivity index (χ4n) is 3.81. The summed E-state index contributed by atoms with van der Waals surface area (Å²) < 4.78 is 9.84. The summed E-state index contributed by atoms with van der Waals surface area (Å²) in [7, 11) is 0. The van der Waals surface area contributed by atoms with Gasteiger partial charge in [-0.2, -0.15) is 0 Å². The van der Waals surface area contributed by atoms with Gasteiger partial charge in [0.1, 0.15) is 0 Å². The highest BCUT2D eigenvalue weighted by atomic mass is 16.6. The Hall–Kier alpha value is -2.04. The first-order valence-electron chi connectivity index (χ1n) is 12.0. The molecule has 1 heterocycles. The number of hydrogen-bond acceptors (Lipinski definition) is 4. The van der Waals surface area contributed by atoms with Crippen LogP contribution in [0.25, 0.3) is 11.2 Å². The van der Waals surface area contributed by atoms with Crippen molar-refractivity contribution >= 4 is 17.1 Å². The number of carbonyl (C=O) groups is 1. The van der Waals surface area contributed by atoms with Crippen molar-refractivity contribution in [2.45, 2.75) is 103 Å². The summed E-state index contributed by atoms with van der Waals surface area (Å²) in [6.45, 7) is 2.85. The zero-order valence-corrected chi connectivity index (χ0v) is 18.7. The van der Waals surface area contributed by atoms with Crippen LogP contribution in [0.15, 0.2) is 31.8 Å². The van der Waals surface area contributed by atoms with Crippen LogP contribution in [0.1, 0.15) is 102 Å². The van der Waals surface area contributed by atoms with E-state index in [1.807, 2.05) is 6.07 Å². The Morgan fingerprint density at radius 3 is 2.00 bits per heavy atom. The molecule has 1 aromatic heterocycles. The van der Waals surface area contributed by atoms with Crippen molar-refractivity contribution in [3.8, 4) is 0 Å². The highest BCUT2D eigenvalue weighted by Gasteiger charge is 2.05. The molecule has 1 N–H and O–H groups in total. The van der Waals surface area contributed by atoms with Crippen LogP contribution in [-0.2, 0) is 11.2 Å². The smallest absolute Gasteiger partial charge is 0.391 e. The second-order valence-corrected chi connectivity index (χ2v) is 8.33. The summed E-state index contributed by atoms with van der Waals surface area (Å²) >= 11 is 0. The maximum atomic E-state index is 12.0. The summed E-state index contributed by atoms with van der Waals surface area (Å²) in [6, 6.07) is 5.41. The molecule has 0 aliphatic heterocycles. The molecule has 0 atom stereocenters. The van der Waals surface area contributed by atoms with Gasteiger partial charge in [-0.3, -0.25) is 4.79 Å². The van der Waals surface area contributed by atoms with Gasteiger partial charge in [-0.25, -0.2) is 4.79 Å². The van der Waals surface area contributed by atoms with Crippen LogP contribution in [0.5, 0.6) is 0 Å². The number of rotatable bonds is 17. The Kier molecular flexibility index (Phi) is 12.0. The largest absolute Gasteiger partial charge is 0.519 e. The molecular weight excluding hydrogens is 378 g/mol. The van der Waals surface area contributed by atoms with E-state index >= 15 is 0 Å². The molecule has 0 aliphatic rings. The monoisotopic (exact) mass is 417 g/mol. The molecule has 5 nitrogen and oxygen atoms in total. The van der Waals surface area contributed by atoms with Gasteiger partial charge in [-0.1, -0.05) is 90.0 Å². The zero-order valence-electron chi connectivity index (χ0n) is 18.7. The summed E-state index contributed by atoms with van der Waals surface area (Å²) in [5, 5.41) is 2.97. The van der Waals surface area contributed by atoms with Gasteiger partial charge in [0.15, 0.2) is 11.2 Å². The number of carbonyl (C=O) groups excluding carboxylic acids is 1. The van der Waals surface area contributed by atoms with Gasteiger partial charge in [0, 0.05) is 13.0 Å². The number of fused-ring (bicyclic) bond motifs is 1. The second kappa shape index (κ2) is 14.9. The van der Waals surface area contributed by atoms with Crippen molar-refractivity contribution in [1.82, 2.24) is 5.32 Å². The maximum absolute atomic E-state index is 12.0. The van der Waals surface area contributed by atoms with Crippen LogP contribution in [0.2, 0.25) is 0 Å². The van der Waals surface area contributed by atoms with Gasteiger partial charge in [0.25, 0.3) is 0 Å². The first-order chi connectivity index (χ1) is 14.7. The lowest BCUT2D eigenvalue weighted by molar-refractivity contribution is -0.121. The van der Waals surface area contributed by atoms with E-state index in [0.717, 1.165) is 18.4 Å². The lowest BCUT2D eigenvalue weighted by Crippen LogP contribution is -2.25. The van der Waals surface area contributed by atoms with Gasteiger partial charge < -0.3 is 14.2 Å². The van der Waals surface area contributed by atoms with E-state index in [1.54, 1.807) is 12.1 Å². The lowest BCUT2D eigenvalue weighted by atomic mass is 10.0. The summed E-state index contributed by atoms with van der Waals surface area (Å²) in [6.07, 6.45) is 18.4. The summed E-state index contributed by atoms with van der Waals surface area (Å²) in [5.41, 5.74) is 1.92. The number of nitrogens with one attached hydrogen (secondary N) is 1. The van der Waals surface area contributed by atoms with E-state index in [4.69, 9.17) is 8.83 Å². The minimum Gasteiger partial charge on any atom is -0.391 e. The topological polar surface area (TPSA) is 72.5 Å². The minimum absolute atomic E-state index is 0.119. The lowest BCUT2D eigenvalue weighted by Gasteiger charge is -2.06. The quantitative estimate of drug-likeness (QED) is 0.297. The molecule has 0 aliphatic carbocycles. The van der Waals surface area contributed by atoms with Gasteiger partial charge in [0.2, 0.25) is 5.91 Å². The molecule has 0 unspecified atom stereocenters. The third-order valence-electron chi connectivity index (χ3n) is 5.64. The Labute approximate surface area is 180 Å². The molecule has 168 valence electrons. The SMILES string of the molecule is CCCCCCCCCCCCCCCC(=O)NCCc1ccc2oc(=O)oc2c1. The molecule has 0 radical (unpaired) electrons. The Morgan fingerprint density at radius 2 is 1.37 bits per heavy atom. The van der Waals surface area contributed by atoms with Gasteiger partial charge in [-0.05, 0) is 30.5 Å². The summed E-state index contributed by atoms with van der Waals surface area (Å²) in [4.78, 5) is 23.0. The van der Waals surface area contributed by atoms with E-state index < -0.39 is 5.82 Å². The fourth-order valence-corrected chi connectivity index (χ4v) is 3.81. The van der Waals surface area contributed by atoms with Crippen LogP contribution >= 0.6 is 0 Å². The van der Waals surface area contributed by atoms with E-state index in [9.17, 15) is 9.59 Å². The molecule has 1 aromatic carbocycles. The molecule has 0 fully saturated rings. The minimum atomic E-state index is -0.687. The molecule has 0 saturated heterocycles. The number of benzene rings is 1. The number of amides is 1. The van der Waals surface area contributed by atoms with E-state index in [2.05, 4.69) is 12.2 Å². The predicted octanol–water partition coefficient (Wildman–Crippen LogP) is 6.53. The van der Waals surface area contributed by atoms with Crippen molar-refractivity contribution < 1.29 is 13.6 Å². The first kappa shape index (κ1) is 24.2. The molecule has 30 heavy (non-hydrogen) atoms. The Morgan fingerprint density at radius 1 is 0.800 bits per heavy atom. The van der Waals surface area contributed by atoms with Crippen molar-refractivity contribution in [2.75, 3.05) is 6.54 Å². The third kappa shape index (κ3) is 10.1. The predicted molar refractivity (Wildman–Crippen MR) is 122 cm³/mol. The molecule has 1 amide bonds. The molecule has 5 heteroatoms. The van der Waals surface area contributed by atoms with Crippen LogP contribution in [-0.4, -0.2) is 12.5 Å². The molecule has 0 spiro atoms. The van der Waals surface area contributed by atoms with Gasteiger partial charge >= 0.3 is 5.82 Å². The first-order valence-corrected chi connectivity index (χ1v) is 12.0. The van der Waals surface area contributed by atoms with Crippen molar-refractivity contribution in [3.05, 3.63) is 34.4 Å². The Balaban J connectivity index is 1.40. The molecule has 0 bridgehead atoms. The van der Waals surface area contributed by atoms with E-state index in [0.29, 0.717) is 30.6 Å². The zero-order chi connectivity index (χ0) is 21.4. The Bertz CT molecular complexity index is 777. The van der Waals surface area contributed by atoms with Crippen molar-refractivity contribution in [1.29, 1.82) is 0 Å². The van der Waals surface area contributed by atoms with Gasteiger partial charge in [-0.15, -0.1) is 0 Å². The van der Waals surface area contributed by atoms with E-state index in [-0.39, 0.29) is 5.91 Å². The molecule has 2 aromatic rings. The highest BCUT2D eigenvalue weighted by Crippen LogP contribution is 2.15. The van der Waals surface area contributed by atoms with Crippen molar-refractivity contribution in [3.63, 3.8) is 0 Å². The molecular formula is C25H39NO4. The fraction of sp³-hybridized carbons (Fsp3) is 0.680. The standard InChI is InChI=1S/C25H39NO4/c1-2-3-4-5-6-7-8-9-10-11-12-13-14-15-24(27)26-19-18-21-16-17-22-23(20-21)30-25(28)29-22/h16-17,20H,2-15,18-19H2,1H3,(H,26,27). The van der Waals surface area contributed by atoms with Gasteiger partial charge in [0.05, 0.1) is 0 Å². The van der Waals surface area contributed by atoms with Crippen LogP contribution in [0.3, 0.4) is 0 Å². The number of unbranched alkanes of at least 4 members (excludes halogenated alkanes) is 12. The number of hydrogen-bond donors (Lipinski definition) is 1. The van der Waals surface area contributed by atoms with Crippen LogP contribution in [0.4, 0.5) is 0 Å². The normalized spacial score (nSPS) is 11.2. The highest BCUT2D eigenvalue weighted by molar-refractivity contribution is 5.75. The molecule has 0 saturated carbocycles. The second-order valence-electron chi connectivity index (χ2n) is 8.33. The van der Waals surface area contributed by atoms with E-state index in [1.165, 1.54) is 70.6 Å².